The third kappa shape index (κ3) is 8.55. The van der Waals surface area contributed by atoms with Crippen LogP contribution in [-0.2, 0) is 0 Å². The first-order valence-electron chi connectivity index (χ1n) is 6.41. The van der Waals surface area contributed by atoms with Crippen molar-refractivity contribution in [3.05, 3.63) is 0 Å². The molecule has 1 unspecified atom stereocenters. The van der Waals surface area contributed by atoms with E-state index in [1.807, 2.05) is 27.7 Å². The minimum absolute atomic E-state index is 0.838. The quantitative estimate of drug-likeness (QED) is 0.652. The highest BCUT2D eigenvalue weighted by Crippen LogP contribution is 2.15. The Morgan fingerprint density at radius 1 is 1.14 bits per heavy atom. The Hall–Kier alpha value is -0.0400. The smallest absolute Gasteiger partial charge is 0.000761 e. The van der Waals surface area contributed by atoms with E-state index in [-0.39, 0.29) is 0 Å². The molecule has 88 valence electrons. The molecular formula is C13H31N. The predicted molar refractivity (Wildman–Crippen MR) is 67.8 cm³/mol. The lowest BCUT2D eigenvalue weighted by Crippen LogP contribution is -2.24. The van der Waals surface area contributed by atoms with Crippen LogP contribution >= 0.6 is 0 Å². The molecule has 1 fully saturated rings. The van der Waals surface area contributed by atoms with E-state index >= 15 is 0 Å². The molecule has 0 bridgehead atoms. The monoisotopic (exact) mass is 201 g/mol. The van der Waals surface area contributed by atoms with Crippen molar-refractivity contribution in [1.82, 2.24) is 4.90 Å². The molecule has 1 aliphatic rings. The highest BCUT2D eigenvalue weighted by molar-refractivity contribution is 4.72. The SMILES string of the molecule is CC.CC.CC(C)CN1CCC(C)C1. The Bertz CT molecular complexity index is 99.4. The van der Waals surface area contributed by atoms with Crippen LogP contribution in [-0.4, -0.2) is 24.5 Å². The molecule has 0 aromatic rings. The summed E-state index contributed by atoms with van der Waals surface area (Å²) in [6, 6.07) is 0. The molecule has 0 N–H and O–H groups in total. The normalized spacial score (nSPS) is 21.0. The molecule has 0 aromatic heterocycles. The fourth-order valence-electron chi connectivity index (χ4n) is 1.71. The van der Waals surface area contributed by atoms with Crippen LogP contribution in [0.1, 0.15) is 54.9 Å². The summed E-state index contributed by atoms with van der Waals surface area (Å²) in [6.07, 6.45) is 1.41. The van der Waals surface area contributed by atoms with E-state index in [2.05, 4.69) is 25.7 Å². The van der Waals surface area contributed by atoms with Crippen molar-refractivity contribution in [1.29, 1.82) is 0 Å². The second-order valence-corrected chi connectivity index (χ2v) is 4.05. The van der Waals surface area contributed by atoms with Gasteiger partial charge < -0.3 is 4.90 Å². The second kappa shape index (κ2) is 11.0. The first-order chi connectivity index (χ1) is 6.68. The molecule has 1 nitrogen and oxygen atoms in total. The zero-order valence-electron chi connectivity index (χ0n) is 11.4. The second-order valence-electron chi connectivity index (χ2n) is 4.05. The van der Waals surface area contributed by atoms with Gasteiger partial charge in [-0.05, 0) is 24.8 Å². The molecule has 0 saturated carbocycles. The lowest BCUT2D eigenvalue weighted by atomic mass is 10.2. The average Bonchev–Trinajstić information content (AvgIpc) is 2.57. The zero-order chi connectivity index (χ0) is 11.6. The maximum Gasteiger partial charge on any atom is 0.000761 e. The summed E-state index contributed by atoms with van der Waals surface area (Å²) in [6.45, 7) is 18.9. The highest BCUT2D eigenvalue weighted by Gasteiger charge is 2.18. The molecule has 0 radical (unpaired) electrons. The standard InChI is InChI=1S/C9H19N.2C2H6/c1-8(2)6-10-5-4-9(3)7-10;2*1-2/h8-9H,4-7H2,1-3H3;2*1-2H3. The van der Waals surface area contributed by atoms with E-state index in [1.54, 1.807) is 0 Å². The average molecular weight is 201 g/mol. The third-order valence-electron chi connectivity index (χ3n) is 2.13. The highest BCUT2D eigenvalue weighted by atomic mass is 15.1. The van der Waals surface area contributed by atoms with Crippen molar-refractivity contribution in [3.63, 3.8) is 0 Å². The van der Waals surface area contributed by atoms with Crippen LogP contribution in [0.3, 0.4) is 0 Å². The molecule has 1 heterocycles. The van der Waals surface area contributed by atoms with Gasteiger partial charge in [-0.15, -0.1) is 0 Å². The van der Waals surface area contributed by atoms with Gasteiger partial charge in [-0.2, -0.15) is 0 Å². The van der Waals surface area contributed by atoms with Gasteiger partial charge in [-0.3, -0.25) is 0 Å². The summed E-state index contributed by atoms with van der Waals surface area (Å²) in [5.74, 6) is 1.78. The van der Waals surface area contributed by atoms with Crippen LogP contribution in [0.15, 0.2) is 0 Å². The lowest BCUT2D eigenvalue weighted by Gasteiger charge is -2.17. The van der Waals surface area contributed by atoms with Gasteiger partial charge in [0.2, 0.25) is 0 Å². The Morgan fingerprint density at radius 3 is 1.93 bits per heavy atom. The number of likely N-dealkylation sites (tertiary alicyclic amines) is 1. The minimum atomic E-state index is 0.838. The van der Waals surface area contributed by atoms with Gasteiger partial charge in [0.05, 0.1) is 0 Å². The van der Waals surface area contributed by atoms with Crippen LogP contribution < -0.4 is 0 Å². The van der Waals surface area contributed by atoms with E-state index < -0.39 is 0 Å². The van der Waals surface area contributed by atoms with Crippen LogP contribution in [0.4, 0.5) is 0 Å². The van der Waals surface area contributed by atoms with E-state index in [1.165, 1.54) is 26.1 Å². The number of hydrogen-bond donors (Lipinski definition) is 0. The molecule has 0 amide bonds. The summed E-state index contributed by atoms with van der Waals surface area (Å²) in [5, 5.41) is 0. The fraction of sp³-hybridized carbons (Fsp3) is 1.00. The van der Waals surface area contributed by atoms with Gasteiger partial charge in [0.15, 0.2) is 0 Å². The Balaban J connectivity index is 0. The van der Waals surface area contributed by atoms with Gasteiger partial charge in [-0.25, -0.2) is 0 Å². The summed E-state index contributed by atoms with van der Waals surface area (Å²) in [5.41, 5.74) is 0. The molecule has 14 heavy (non-hydrogen) atoms. The van der Waals surface area contributed by atoms with Crippen molar-refractivity contribution in [2.75, 3.05) is 19.6 Å². The third-order valence-corrected chi connectivity index (χ3v) is 2.13. The number of hydrogen-bond acceptors (Lipinski definition) is 1. The Kier molecular flexibility index (Phi) is 12.9. The molecule has 1 heteroatoms. The molecular weight excluding hydrogens is 170 g/mol. The van der Waals surface area contributed by atoms with Crippen molar-refractivity contribution < 1.29 is 0 Å². The van der Waals surface area contributed by atoms with Crippen molar-refractivity contribution >= 4 is 0 Å². The van der Waals surface area contributed by atoms with Crippen molar-refractivity contribution in [2.45, 2.75) is 54.9 Å². The largest absolute Gasteiger partial charge is 0.303 e. The van der Waals surface area contributed by atoms with E-state index in [0.29, 0.717) is 0 Å². The first-order valence-corrected chi connectivity index (χ1v) is 6.41. The summed E-state index contributed by atoms with van der Waals surface area (Å²) >= 11 is 0. The fourth-order valence-corrected chi connectivity index (χ4v) is 1.71. The van der Waals surface area contributed by atoms with Crippen LogP contribution in [0, 0.1) is 11.8 Å². The van der Waals surface area contributed by atoms with Gasteiger partial charge >= 0.3 is 0 Å². The summed E-state index contributed by atoms with van der Waals surface area (Å²) in [7, 11) is 0. The predicted octanol–water partition coefficient (Wildman–Crippen LogP) is 4.04. The van der Waals surface area contributed by atoms with Crippen LogP contribution in [0.2, 0.25) is 0 Å². The van der Waals surface area contributed by atoms with Crippen molar-refractivity contribution in [3.8, 4) is 0 Å². The maximum atomic E-state index is 2.58. The topological polar surface area (TPSA) is 3.24 Å². The number of nitrogens with zero attached hydrogens (tertiary/aromatic N) is 1. The molecule has 1 atom stereocenters. The van der Waals surface area contributed by atoms with E-state index in [9.17, 15) is 0 Å². The minimum Gasteiger partial charge on any atom is -0.303 e. The van der Waals surface area contributed by atoms with Gasteiger partial charge in [0, 0.05) is 13.1 Å². The van der Waals surface area contributed by atoms with Gasteiger partial charge in [0.25, 0.3) is 0 Å². The molecule has 1 saturated heterocycles. The van der Waals surface area contributed by atoms with Crippen molar-refractivity contribution in [2.24, 2.45) is 11.8 Å². The maximum absolute atomic E-state index is 2.58. The van der Waals surface area contributed by atoms with Gasteiger partial charge in [-0.1, -0.05) is 48.5 Å². The zero-order valence-corrected chi connectivity index (χ0v) is 11.4. The lowest BCUT2D eigenvalue weighted by molar-refractivity contribution is 0.290. The van der Waals surface area contributed by atoms with E-state index in [4.69, 9.17) is 0 Å². The molecule has 1 aliphatic heterocycles. The summed E-state index contributed by atoms with van der Waals surface area (Å²) in [4.78, 5) is 2.58. The first kappa shape index (κ1) is 16.4. The Labute approximate surface area is 91.9 Å². The van der Waals surface area contributed by atoms with Gasteiger partial charge in [0.1, 0.15) is 0 Å². The van der Waals surface area contributed by atoms with Crippen LogP contribution in [0.25, 0.3) is 0 Å². The number of rotatable bonds is 2. The van der Waals surface area contributed by atoms with Crippen LogP contribution in [0.5, 0.6) is 0 Å². The summed E-state index contributed by atoms with van der Waals surface area (Å²) < 4.78 is 0. The molecule has 0 spiro atoms. The molecule has 0 aromatic carbocycles. The van der Waals surface area contributed by atoms with E-state index in [0.717, 1.165) is 11.8 Å². The Morgan fingerprint density at radius 2 is 1.64 bits per heavy atom. The molecule has 0 aliphatic carbocycles. The molecule has 1 rings (SSSR count).